The monoisotopic (exact) mass is 290 g/mol. The molecule has 2 rings (SSSR count). The van der Waals surface area contributed by atoms with Gasteiger partial charge in [-0.3, -0.25) is 0 Å². The fraction of sp³-hybridized carbons (Fsp3) is 0.667. The average molecular weight is 290 g/mol. The van der Waals surface area contributed by atoms with Crippen molar-refractivity contribution in [1.82, 2.24) is 4.90 Å². The summed E-state index contributed by atoms with van der Waals surface area (Å²) in [4.78, 5) is 2.48. The van der Waals surface area contributed by atoms with Crippen LogP contribution in [0.5, 0.6) is 0 Å². The van der Waals surface area contributed by atoms with Crippen LogP contribution in [-0.4, -0.2) is 42.8 Å². The SMILES string of the molecule is CC(C)CNc1cccc(C2CCN(CCCO)CC2)c1. The third-order valence-electron chi connectivity index (χ3n) is 4.29. The molecule has 0 amide bonds. The van der Waals surface area contributed by atoms with Crippen LogP contribution < -0.4 is 5.32 Å². The van der Waals surface area contributed by atoms with Gasteiger partial charge in [0, 0.05) is 25.4 Å². The lowest BCUT2D eigenvalue weighted by molar-refractivity contribution is 0.187. The van der Waals surface area contributed by atoms with E-state index in [-0.39, 0.29) is 0 Å². The van der Waals surface area contributed by atoms with Crippen molar-refractivity contribution in [2.75, 3.05) is 38.1 Å². The molecule has 0 spiro atoms. The second-order valence-electron chi connectivity index (χ2n) is 6.59. The smallest absolute Gasteiger partial charge is 0.0443 e. The zero-order valence-corrected chi connectivity index (χ0v) is 13.5. The van der Waals surface area contributed by atoms with E-state index in [1.165, 1.54) is 24.1 Å². The van der Waals surface area contributed by atoms with E-state index in [0.29, 0.717) is 18.4 Å². The van der Waals surface area contributed by atoms with Gasteiger partial charge in [-0.25, -0.2) is 0 Å². The minimum Gasteiger partial charge on any atom is -0.396 e. The van der Waals surface area contributed by atoms with E-state index < -0.39 is 0 Å². The Morgan fingerprint density at radius 3 is 2.71 bits per heavy atom. The largest absolute Gasteiger partial charge is 0.396 e. The van der Waals surface area contributed by atoms with Crippen LogP contribution >= 0.6 is 0 Å². The molecular weight excluding hydrogens is 260 g/mol. The molecule has 21 heavy (non-hydrogen) atoms. The van der Waals surface area contributed by atoms with E-state index in [1.807, 2.05) is 0 Å². The van der Waals surface area contributed by atoms with Crippen LogP contribution in [0.4, 0.5) is 5.69 Å². The summed E-state index contributed by atoms with van der Waals surface area (Å²) in [5.74, 6) is 1.36. The Balaban J connectivity index is 1.86. The van der Waals surface area contributed by atoms with Crippen LogP contribution in [-0.2, 0) is 0 Å². The lowest BCUT2D eigenvalue weighted by Crippen LogP contribution is -2.34. The molecule has 0 saturated carbocycles. The quantitative estimate of drug-likeness (QED) is 0.808. The first kappa shape index (κ1) is 16.3. The number of hydrogen-bond donors (Lipinski definition) is 2. The summed E-state index contributed by atoms with van der Waals surface area (Å²) >= 11 is 0. The molecule has 2 N–H and O–H groups in total. The molecule has 118 valence electrons. The fourth-order valence-electron chi connectivity index (χ4n) is 3.01. The Labute approximate surface area is 129 Å². The molecule has 0 radical (unpaired) electrons. The summed E-state index contributed by atoms with van der Waals surface area (Å²) in [6.07, 6.45) is 3.37. The van der Waals surface area contributed by atoms with Gasteiger partial charge in [0.1, 0.15) is 0 Å². The van der Waals surface area contributed by atoms with E-state index in [9.17, 15) is 0 Å². The number of aliphatic hydroxyl groups is 1. The van der Waals surface area contributed by atoms with Crippen molar-refractivity contribution in [3.8, 4) is 0 Å². The number of benzene rings is 1. The third kappa shape index (κ3) is 5.33. The van der Waals surface area contributed by atoms with Gasteiger partial charge in [-0.15, -0.1) is 0 Å². The maximum atomic E-state index is 8.91. The maximum absolute atomic E-state index is 8.91. The van der Waals surface area contributed by atoms with E-state index in [2.05, 4.69) is 48.3 Å². The third-order valence-corrected chi connectivity index (χ3v) is 4.29. The van der Waals surface area contributed by atoms with E-state index >= 15 is 0 Å². The van der Waals surface area contributed by atoms with Gasteiger partial charge in [0.2, 0.25) is 0 Å². The average Bonchev–Trinajstić information content (AvgIpc) is 2.52. The number of piperidine rings is 1. The molecule has 1 fully saturated rings. The van der Waals surface area contributed by atoms with Crippen LogP contribution in [0.2, 0.25) is 0 Å². The molecule has 1 aliphatic heterocycles. The molecule has 0 bridgehead atoms. The van der Waals surface area contributed by atoms with Crippen LogP contribution in [0.3, 0.4) is 0 Å². The van der Waals surface area contributed by atoms with Crippen LogP contribution in [0.1, 0.15) is 44.6 Å². The minimum absolute atomic E-state index is 0.309. The van der Waals surface area contributed by atoms with Crippen molar-refractivity contribution in [3.63, 3.8) is 0 Å². The molecule has 1 saturated heterocycles. The number of anilines is 1. The summed E-state index contributed by atoms with van der Waals surface area (Å²) in [5.41, 5.74) is 2.73. The lowest BCUT2D eigenvalue weighted by Gasteiger charge is -2.32. The van der Waals surface area contributed by atoms with Crippen molar-refractivity contribution in [1.29, 1.82) is 0 Å². The summed E-state index contributed by atoms with van der Waals surface area (Å²) < 4.78 is 0. The molecule has 0 aliphatic carbocycles. The molecule has 1 aromatic carbocycles. The lowest BCUT2D eigenvalue weighted by atomic mass is 9.89. The zero-order chi connectivity index (χ0) is 15.1. The summed E-state index contributed by atoms with van der Waals surface area (Å²) in [7, 11) is 0. The van der Waals surface area contributed by atoms with Gasteiger partial charge >= 0.3 is 0 Å². The Morgan fingerprint density at radius 1 is 1.29 bits per heavy atom. The second kappa shape index (κ2) is 8.40. The van der Waals surface area contributed by atoms with E-state index in [1.54, 1.807) is 0 Å². The predicted molar refractivity (Wildman–Crippen MR) is 89.9 cm³/mol. The van der Waals surface area contributed by atoms with Gasteiger partial charge in [-0.1, -0.05) is 26.0 Å². The molecule has 1 heterocycles. The highest BCUT2D eigenvalue weighted by atomic mass is 16.3. The minimum atomic E-state index is 0.309. The highest BCUT2D eigenvalue weighted by molar-refractivity contribution is 5.46. The first-order valence-electron chi connectivity index (χ1n) is 8.36. The van der Waals surface area contributed by atoms with Crippen molar-refractivity contribution in [3.05, 3.63) is 29.8 Å². The number of rotatable bonds is 7. The van der Waals surface area contributed by atoms with Gasteiger partial charge < -0.3 is 15.3 Å². The van der Waals surface area contributed by atoms with Crippen molar-refractivity contribution >= 4 is 5.69 Å². The number of likely N-dealkylation sites (tertiary alicyclic amines) is 1. The van der Waals surface area contributed by atoms with Crippen LogP contribution in [0.15, 0.2) is 24.3 Å². The number of aliphatic hydroxyl groups excluding tert-OH is 1. The van der Waals surface area contributed by atoms with Crippen molar-refractivity contribution < 1.29 is 5.11 Å². The van der Waals surface area contributed by atoms with Gasteiger partial charge in [0.25, 0.3) is 0 Å². The van der Waals surface area contributed by atoms with Crippen LogP contribution in [0, 0.1) is 5.92 Å². The molecule has 0 unspecified atom stereocenters. The molecule has 1 aromatic rings. The Bertz CT molecular complexity index is 411. The number of nitrogens with one attached hydrogen (secondary N) is 1. The standard InChI is InChI=1S/C18H30N2O/c1-15(2)14-19-18-6-3-5-17(13-18)16-7-10-20(11-8-16)9-4-12-21/h3,5-6,13,15-16,19,21H,4,7-12,14H2,1-2H3. The summed E-state index contributed by atoms with van der Waals surface area (Å²) in [6, 6.07) is 8.95. The van der Waals surface area contributed by atoms with E-state index in [0.717, 1.165) is 32.6 Å². The summed E-state index contributed by atoms with van der Waals surface area (Å²) in [5, 5.41) is 12.4. The summed E-state index contributed by atoms with van der Waals surface area (Å²) in [6.45, 7) is 9.17. The molecule has 3 nitrogen and oxygen atoms in total. The normalized spacial score (nSPS) is 17.3. The van der Waals surface area contributed by atoms with Crippen LogP contribution in [0.25, 0.3) is 0 Å². The molecule has 0 aromatic heterocycles. The number of hydrogen-bond acceptors (Lipinski definition) is 3. The first-order chi connectivity index (χ1) is 10.2. The molecule has 3 heteroatoms. The number of nitrogens with zero attached hydrogens (tertiary/aromatic N) is 1. The topological polar surface area (TPSA) is 35.5 Å². The Kier molecular flexibility index (Phi) is 6.52. The first-order valence-corrected chi connectivity index (χ1v) is 8.36. The van der Waals surface area contributed by atoms with Crippen molar-refractivity contribution in [2.45, 2.75) is 39.0 Å². The van der Waals surface area contributed by atoms with Gasteiger partial charge in [0.05, 0.1) is 0 Å². The molecule has 0 atom stereocenters. The van der Waals surface area contributed by atoms with E-state index in [4.69, 9.17) is 5.11 Å². The zero-order valence-electron chi connectivity index (χ0n) is 13.5. The van der Waals surface area contributed by atoms with Crippen molar-refractivity contribution in [2.24, 2.45) is 5.92 Å². The highest BCUT2D eigenvalue weighted by Gasteiger charge is 2.20. The fourth-order valence-corrected chi connectivity index (χ4v) is 3.01. The second-order valence-corrected chi connectivity index (χ2v) is 6.59. The Hall–Kier alpha value is -1.06. The maximum Gasteiger partial charge on any atom is 0.0443 e. The van der Waals surface area contributed by atoms with Gasteiger partial charge in [-0.2, -0.15) is 0 Å². The molecular formula is C18H30N2O. The van der Waals surface area contributed by atoms with Gasteiger partial charge in [0.15, 0.2) is 0 Å². The highest BCUT2D eigenvalue weighted by Crippen LogP contribution is 2.29. The molecule has 1 aliphatic rings. The van der Waals surface area contributed by atoms with Gasteiger partial charge in [-0.05, 0) is 61.9 Å². The predicted octanol–water partition coefficient (Wildman–Crippen LogP) is 3.32. The Morgan fingerprint density at radius 2 is 2.05 bits per heavy atom.